The second-order valence-corrected chi connectivity index (χ2v) is 4.79. The predicted octanol–water partition coefficient (Wildman–Crippen LogP) is 3.13. The van der Waals surface area contributed by atoms with Crippen LogP contribution < -0.4 is 10.5 Å². The van der Waals surface area contributed by atoms with E-state index in [1.165, 1.54) is 5.56 Å². The Balaban J connectivity index is 2.28. The quantitative estimate of drug-likeness (QED) is 0.904. The van der Waals surface area contributed by atoms with Crippen molar-refractivity contribution < 1.29 is 4.74 Å². The number of aromatic nitrogens is 1. The van der Waals surface area contributed by atoms with Crippen LogP contribution in [-0.2, 0) is 0 Å². The summed E-state index contributed by atoms with van der Waals surface area (Å²) in [5, 5.41) is 0. The van der Waals surface area contributed by atoms with Gasteiger partial charge in [0.15, 0.2) is 0 Å². The Morgan fingerprint density at radius 1 is 1.24 bits per heavy atom. The van der Waals surface area contributed by atoms with E-state index in [4.69, 9.17) is 10.5 Å². The second kappa shape index (κ2) is 5.10. The highest BCUT2D eigenvalue weighted by Gasteiger charge is 2.05. The van der Waals surface area contributed by atoms with Crippen LogP contribution in [-0.4, -0.2) is 12.1 Å². The number of methoxy groups -OCH3 is 1. The van der Waals surface area contributed by atoms with Crippen molar-refractivity contribution in [2.75, 3.05) is 12.8 Å². The van der Waals surface area contributed by atoms with Crippen LogP contribution in [0.15, 0.2) is 46.3 Å². The Bertz CT molecular complexity index is 511. The predicted molar refractivity (Wildman–Crippen MR) is 70.5 cm³/mol. The van der Waals surface area contributed by atoms with Gasteiger partial charge in [0, 0.05) is 11.1 Å². The third kappa shape index (κ3) is 2.91. The van der Waals surface area contributed by atoms with Crippen molar-refractivity contribution in [2.45, 2.75) is 16.7 Å². The molecule has 0 saturated heterocycles. The van der Waals surface area contributed by atoms with Gasteiger partial charge in [0.25, 0.3) is 0 Å². The standard InChI is InChI=1S/C13H14N2OS/c1-9-3-5-11(16-2)12(7-9)17-10-4-6-13(14)15-8-10/h3-8H,1-2H3,(H2,14,15). The zero-order valence-corrected chi connectivity index (χ0v) is 10.6. The molecule has 0 amide bonds. The summed E-state index contributed by atoms with van der Waals surface area (Å²) in [5.74, 6) is 1.41. The molecular weight excluding hydrogens is 232 g/mol. The fourth-order valence-electron chi connectivity index (χ4n) is 1.44. The summed E-state index contributed by atoms with van der Waals surface area (Å²) in [5.41, 5.74) is 6.76. The number of nitrogens with two attached hydrogens (primary N) is 1. The number of nitrogen functional groups attached to an aromatic ring is 1. The number of rotatable bonds is 3. The topological polar surface area (TPSA) is 48.1 Å². The minimum atomic E-state index is 0.533. The highest BCUT2D eigenvalue weighted by atomic mass is 32.2. The van der Waals surface area contributed by atoms with Crippen molar-refractivity contribution >= 4 is 17.6 Å². The zero-order chi connectivity index (χ0) is 12.3. The van der Waals surface area contributed by atoms with Crippen LogP contribution in [0.2, 0.25) is 0 Å². The Labute approximate surface area is 105 Å². The number of nitrogens with zero attached hydrogens (tertiary/aromatic N) is 1. The maximum absolute atomic E-state index is 5.56. The van der Waals surface area contributed by atoms with Crippen molar-refractivity contribution in [3.63, 3.8) is 0 Å². The molecule has 4 heteroatoms. The molecule has 0 saturated carbocycles. The second-order valence-electron chi connectivity index (χ2n) is 3.68. The lowest BCUT2D eigenvalue weighted by Crippen LogP contribution is -1.89. The molecule has 0 atom stereocenters. The van der Waals surface area contributed by atoms with E-state index >= 15 is 0 Å². The van der Waals surface area contributed by atoms with Gasteiger partial charge >= 0.3 is 0 Å². The number of anilines is 1. The maximum Gasteiger partial charge on any atom is 0.132 e. The van der Waals surface area contributed by atoms with E-state index in [0.29, 0.717) is 5.82 Å². The molecule has 0 aliphatic heterocycles. The van der Waals surface area contributed by atoms with Gasteiger partial charge in [0.05, 0.1) is 12.0 Å². The Morgan fingerprint density at radius 3 is 2.71 bits per heavy atom. The molecule has 0 fully saturated rings. The summed E-state index contributed by atoms with van der Waals surface area (Å²) in [6.07, 6.45) is 1.77. The molecule has 3 nitrogen and oxygen atoms in total. The van der Waals surface area contributed by atoms with Crippen LogP contribution in [0, 0.1) is 6.92 Å². The summed E-state index contributed by atoms with van der Waals surface area (Å²) >= 11 is 1.62. The molecule has 2 N–H and O–H groups in total. The molecule has 0 aliphatic carbocycles. The summed E-state index contributed by atoms with van der Waals surface area (Å²) in [4.78, 5) is 6.20. The first-order valence-electron chi connectivity index (χ1n) is 5.23. The molecule has 0 bridgehead atoms. The Kier molecular flexibility index (Phi) is 3.54. The highest BCUT2D eigenvalue weighted by Crippen LogP contribution is 2.35. The zero-order valence-electron chi connectivity index (χ0n) is 9.81. The summed E-state index contributed by atoms with van der Waals surface area (Å²) in [7, 11) is 1.68. The van der Waals surface area contributed by atoms with E-state index in [1.54, 1.807) is 31.1 Å². The third-order valence-electron chi connectivity index (χ3n) is 2.31. The lowest BCUT2D eigenvalue weighted by molar-refractivity contribution is 0.404. The van der Waals surface area contributed by atoms with Gasteiger partial charge in [-0.15, -0.1) is 0 Å². The van der Waals surface area contributed by atoms with Crippen LogP contribution in [0.5, 0.6) is 5.75 Å². The third-order valence-corrected chi connectivity index (χ3v) is 3.32. The SMILES string of the molecule is COc1ccc(C)cc1Sc1ccc(N)nc1. The van der Waals surface area contributed by atoms with E-state index in [-0.39, 0.29) is 0 Å². The van der Waals surface area contributed by atoms with Gasteiger partial charge in [0.1, 0.15) is 11.6 Å². The number of hydrogen-bond acceptors (Lipinski definition) is 4. The average molecular weight is 246 g/mol. The van der Waals surface area contributed by atoms with E-state index in [0.717, 1.165) is 15.5 Å². The molecule has 88 valence electrons. The summed E-state index contributed by atoms with van der Waals surface area (Å²) in [6.45, 7) is 2.06. The number of hydrogen-bond donors (Lipinski definition) is 1. The molecule has 1 heterocycles. The first-order valence-corrected chi connectivity index (χ1v) is 6.04. The van der Waals surface area contributed by atoms with E-state index in [1.807, 2.05) is 18.2 Å². The van der Waals surface area contributed by atoms with Crippen LogP contribution in [0.4, 0.5) is 5.82 Å². The minimum absolute atomic E-state index is 0.533. The average Bonchev–Trinajstić information content (AvgIpc) is 2.32. The van der Waals surface area contributed by atoms with Crippen LogP contribution >= 0.6 is 11.8 Å². The Morgan fingerprint density at radius 2 is 2.06 bits per heavy atom. The van der Waals surface area contributed by atoms with Crippen LogP contribution in [0.3, 0.4) is 0 Å². The molecule has 0 unspecified atom stereocenters. The van der Waals surface area contributed by atoms with Gasteiger partial charge in [0.2, 0.25) is 0 Å². The highest BCUT2D eigenvalue weighted by molar-refractivity contribution is 7.99. The van der Waals surface area contributed by atoms with E-state index in [9.17, 15) is 0 Å². The lowest BCUT2D eigenvalue weighted by Gasteiger charge is -2.08. The largest absolute Gasteiger partial charge is 0.496 e. The van der Waals surface area contributed by atoms with Crippen LogP contribution in [0.25, 0.3) is 0 Å². The molecule has 2 rings (SSSR count). The Hall–Kier alpha value is -1.68. The van der Waals surface area contributed by atoms with E-state index < -0.39 is 0 Å². The molecule has 1 aromatic heterocycles. The molecule has 0 radical (unpaired) electrons. The van der Waals surface area contributed by atoms with Gasteiger partial charge in [-0.05, 0) is 36.8 Å². The fourth-order valence-corrected chi connectivity index (χ4v) is 2.43. The first kappa shape index (κ1) is 11.8. The fraction of sp³-hybridized carbons (Fsp3) is 0.154. The molecule has 2 aromatic rings. The number of benzene rings is 1. The van der Waals surface area contributed by atoms with Crippen molar-refractivity contribution in [1.82, 2.24) is 4.98 Å². The van der Waals surface area contributed by atoms with Gasteiger partial charge in [-0.25, -0.2) is 4.98 Å². The van der Waals surface area contributed by atoms with Crippen molar-refractivity contribution in [2.24, 2.45) is 0 Å². The van der Waals surface area contributed by atoms with Crippen molar-refractivity contribution in [3.8, 4) is 5.75 Å². The normalized spacial score (nSPS) is 10.2. The van der Waals surface area contributed by atoms with Gasteiger partial charge in [-0.1, -0.05) is 17.8 Å². The molecule has 0 aliphatic rings. The van der Waals surface area contributed by atoms with Gasteiger partial charge < -0.3 is 10.5 Å². The van der Waals surface area contributed by atoms with Gasteiger partial charge in [-0.3, -0.25) is 0 Å². The maximum atomic E-state index is 5.56. The summed E-state index contributed by atoms with van der Waals surface area (Å²) in [6, 6.07) is 9.85. The number of ether oxygens (including phenoxy) is 1. The molecular formula is C13H14N2OS. The van der Waals surface area contributed by atoms with Crippen LogP contribution in [0.1, 0.15) is 5.56 Å². The molecule has 17 heavy (non-hydrogen) atoms. The first-order chi connectivity index (χ1) is 8.19. The van der Waals surface area contributed by atoms with Crippen molar-refractivity contribution in [3.05, 3.63) is 42.1 Å². The monoisotopic (exact) mass is 246 g/mol. The summed E-state index contributed by atoms with van der Waals surface area (Å²) < 4.78 is 5.33. The minimum Gasteiger partial charge on any atom is -0.496 e. The lowest BCUT2D eigenvalue weighted by atomic mass is 10.2. The van der Waals surface area contributed by atoms with Crippen molar-refractivity contribution in [1.29, 1.82) is 0 Å². The smallest absolute Gasteiger partial charge is 0.132 e. The number of pyridine rings is 1. The van der Waals surface area contributed by atoms with E-state index in [2.05, 4.69) is 18.0 Å². The molecule has 1 aromatic carbocycles. The van der Waals surface area contributed by atoms with Gasteiger partial charge in [-0.2, -0.15) is 0 Å². The molecule has 0 spiro atoms. The number of aryl methyl sites for hydroxylation is 1.